The average Bonchev–Trinajstić information content (AvgIpc) is 2.74. The first-order chi connectivity index (χ1) is 13.6. The molecule has 2 aromatic carbocycles. The third-order valence-corrected chi connectivity index (χ3v) is 5.00. The van der Waals surface area contributed by atoms with Crippen LogP contribution in [0.15, 0.2) is 54.6 Å². The van der Waals surface area contributed by atoms with E-state index in [2.05, 4.69) is 15.1 Å². The fraction of sp³-hybridized carbons (Fsp3) is 0.409. The van der Waals surface area contributed by atoms with Gasteiger partial charge in [-0.25, -0.2) is 4.39 Å². The van der Waals surface area contributed by atoms with Gasteiger partial charge >= 0.3 is 0 Å². The van der Waals surface area contributed by atoms with E-state index < -0.39 is 6.10 Å². The van der Waals surface area contributed by atoms with Crippen molar-refractivity contribution < 1.29 is 13.9 Å². The van der Waals surface area contributed by atoms with Crippen LogP contribution in [0.4, 0.5) is 10.1 Å². The predicted molar refractivity (Wildman–Crippen MR) is 109 cm³/mol. The van der Waals surface area contributed by atoms with Crippen molar-refractivity contribution in [3.63, 3.8) is 0 Å². The van der Waals surface area contributed by atoms with E-state index in [1.165, 1.54) is 12.1 Å². The molecule has 2 aromatic rings. The van der Waals surface area contributed by atoms with Crippen molar-refractivity contribution in [2.45, 2.75) is 19.6 Å². The summed E-state index contributed by atoms with van der Waals surface area (Å²) in [5, 5.41) is 2.95. The van der Waals surface area contributed by atoms with Crippen LogP contribution in [0, 0.1) is 5.82 Å². The summed E-state index contributed by atoms with van der Waals surface area (Å²) in [6.07, 6.45) is -0.476. The van der Waals surface area contributed by atoms with Crippen LogP contribution >= 0.6 is 0 Å². The Kier molecular flexibility index (Phi) is 7.39. The molecule has 1 heterocycles. The first kappa shape index (κ1) is 20.3. The molecule has 1 unspecified atom stereocenters. The molecule has 0 bridgehead atoms. The quantitative estimate of drug-likeness (QED) is 0.759. The Morgan fingerprint density at radius 2 is 1.75 bits per heavy atom. The molecule has 0 radical (unpaired) electrons. The summed E-state index contributed by atoms with van der Waals surface area (Å²) in [7, 11) is 0. The number of carbonyl (C=O) groups excluding carboxylic acids is 1. The van der Waals surface area contributed by atoms with Crippen LogP contribution in [0.5, 0.6) is 0 Å². The van der Waals surface area contributed by atoms with Crippen molar-refractivity contribution >= 4 is 11.6 Å². The summed E-state index contributed by atoms with van der Waals surface area (Å²) in [6, 6.07) is 16.5. The van der Waals surface area contributed by atoms with E-state index in [4.69, 9.17) is 4.74 Å². The Balaban J connectivity index is 1.32. The lowest BCUT2D eigenvalue weighted by Gasteiger charge is -2.36. The monoisotopic (exact) mass is 385 g/mol. The molecule has 0 spiro atoms. The molecule has 0 saturated carbocycles. The van der Waals surface area contributed by atoms with Crippen molar-refractivity contribution in [3.8, 4) is 0 Å². The van der Waals surface area contributed by atoms with E-state index in [0.717, 1.165) is 44.0 Å². The Hall–Kier alpha value is -2.44. The van der Waals surface area contributed by atoms with Crippen molar-refractivity contribution in [1.82, 2.24) is 10.2 Å². The van der Waals surface area contributed by atoms with E-state index in [0.29, 0.717) is 13.2 Å². The van der Waals surface area contributed by atoms with Crippen LogP contribution in [-0.4, -0.2) is 56.2 Å². The fourth-order valence-corrected chi connectivity index (χ4v) is 3.23. The smallest absolute Gasteiger partial charge is 0.248 e. The summed E-state index contributed by atoms with van der Waals surface area (Å²) in [6.45, 7) is 7.27. The summed E-state index contributed by atoms with van der Waals surface area (Å²) < 4.78 is 18.7. The molecule has 1 fully saturated rings. The van der Waals surface area contributed by atoms with Gasteiger partial charge in [0.2, 0.25) is 5.91 Å². The number of piperazine rings is 1. The van der Waals surface area contributed by atoms with Gasteiger partial charge in [0.25, 0.3) is 0 Å². The van der Waals surface area contributed by atoms with Crippen LogP contribution in [-0.2, 0) is 16.1 Å². The molecule has 28 heavy (non-hydrogen) atoms. The average molecular weight is 385 g/mol. The zero-order chi connectivity index (χ0) is 19.8. The second kappa shape index (κ2) is 10.2. The van der Waals surface area contributed by atoms with Gasteiger partial charge in [-0.2, -0.15) is 0 Å². The fourth-order valence-electron chi connectivity index (χ4n) is 3.23. The zero-order valence-electron chi connectivity index (χ0n) is 16.3. The number of benzene rings is 2. The maximum Gasteiger partial charge on any atom is 0.248 e. The molecule has 0 aliphatic carbocycles. The van der Waals surface area contributed by atoms with E-state index in [-0.39, 0.29) is 11.7 Å². The molecule has 0 aromatic heterocycles. The van der Waals surface area contributed by atoms with E-state index in [9.17, 15) is 9.18 Å². The molecule has 1 aliphatic heterocycles. The highest BCUT2D eigenvalue weighted by atomic mass is 19.1. The minimum atomic E-state index is -0.476. The van der Waals surface area contributed by atoms with Crippen LogP contribution in [0.25, 0.3) is 0 Å². The second-order valence-electron chi connectivity index (χ2n) is 7.03. The van der Waals surface area contributed by atoms with Gasteiger partial charge < -0.3 is 15.0 Å². The third kappa shape index (κ3) is 6.04. The third-order valence-electron chi connectivity index (χ3n) is 5.00. The minimum absolute atomic E-state index is 0.0825. The van der Waals surface area contributed by atoms with Crippen molar-refractivity contribution in [2.24, 2.45) is 0 Å². The summed E-state index contributed by atoms with van der Waals surface area (Å²) in [5.74, 6) is -0.291. The van der Waals surface area contributed by atoms with Gasteiger partial charge in [0, 0.05) is 45.0 Å². The molecule has 1 N–H and O–H groups in total. The number of hydrogen-bond donors (Lipinski definition) is 1. The SMILES string of the molecule is CC(OCc1ccccc1)C(=O)NCCN1CCN(c2ccc(F)cc2)CC1. The van der Waals surface area contributed by atoms with Gasteiger partial charge in [0.15, 0.2) is 0 Å². The molecule has 3 rings (SSSR count). The van der Waals surface area contributed by atoms with Gasteiger partial charge in [-0.05, 0) is 36.8 Å². The minimum Gasteiger partial charge on any atom is -0.369 e. The van der Waals surface area contributed by atoms with Crippen molar-refractivity contribution in [1.29, 1.82) is 0 Å². The number of ether oxygens (including phenoxy) is 1. The van der Waals surface area contributed by atoms with E-state index >= 15 is 0 Å². The van der Waals surface area contributed by atoms with Crippen molar-refractivity contribution in [2.75, 3.05) is 44.2 Å². The molecule has 6 heteroatoms. The van der Waals surface area contributed by atoms with Gasteiger partial charge in [-0.1, -0.05) is 30.3 Å². The number of anilines is 1. The highest BCUT2D eigenvalue weighted by molar-refractivity contribution is 5.80. The summed E-state index contributed by atoms with van der Waals surface area (Å²) >= 11 is 0. The van der Waals surface area contributed by atoms with E-state index in [1.54, 1.807) is 6.92 Å². The zero-order valence-corrected chi connectivity index (χ0v) is 16.3. The lowest BCUT2D eigenvalue weighted by Crippen LogP contribution is -2.49. The lowest BCUT2D eigenvalue weighted by atomic mass is 10.2. The molecular weight excluding hydrogens is 357 g/mol. The highest BCUT2D eigenvalue weighted by Gasteiger charge is 2.18. The topological polar surface area (TPSA) is 44.8 Å². The van der Waals surface area contributed by atoms with Crippen LogP contribution in [0.3, 0.4) is 0 Å². The Morgan fingerprint density at radius 3 is 2.43 bits per heavy atom. The first-order valence-electron chi connectivity index (χ1n) is 9.78. The molecule has 1 amide bonds. The number of hydrogen-bond acceptors (Lipinski definition) is 4. The second-order valence-corrected chi connectivity index (χ2v) is 7.03. The molecule has 5 nitrogen and oxygen atoms in total. The number of amides is 1. The molecule has 150 valence electrons. The molecule has 1 saturated heterocycles. The number of nitrogens with zero attached hydrogens (tertiary/aromatic N) is 2. The van der Waals surface area contributed by atoms with Crippen LogP contribution in [0.1, 0.15) is 12.5 Å². The normalized spacial score (nSPS) is 16.0. The Bertz CT molecular complexity index is 731. The van der Waals surface area contributed by atoms with Gasteiger partial charge in [-0.15, -0.1) is 0 Å². The first-order valence-corrected chi connectivity index (χ1v) is 9.78. The van der Waals surface area contributed by atoms with Crippen LogP contribution in [0.2, 0.25) is 0 Å². The largest absolute Gasteiger partial charge is 0.369 e. The Labute approximate surface area is 166 Å². The highest BCUT2D eigenvalue weighted by Crippen LogP contribution is 2.16. The standard InChI is InChI=1S/C22H28FN3O2/c1-18(28-17-19-5-3-2-4-6-19)22(27)24-11-12-25-13-15-26(16-14-25)21-9-7-20(23)8-10-21/h2-10,18H,11-17H2,1H3,(H,24,27). The maximum atomic E-state index is 13.0. The number of rotatable bonds is 8. The Morgan fingerprint density at radius 1 is 1.07 bits per heavy atom. The van der Waals surface area contributed by atoms with Gasteiger partial charge in [-0.3, -0.25) is 9.69 Å². The van der Waals surface area contributed by atoms with Gasteiger partial charge in [0.1, 0.15) is 11.9 Å². The molecule has 1 aliphatic rings. The molecule has 1 atom stereocenters. The number of carbonyl (C=O) groups is 1. The van der Waals surface area contributed by atoms with Crippen molar-refractivity contribution in [3.05, 3.63) is 66.0 Å². The summed E-state index contributed by atoms with van der Waals surface area (Å²) in [4.78, 5) is 16.8. The number of halogens is 1. The predicted octanol–water partition coefficient (Wildman–Crippen LogP) is 2.67. The molecular formula is C22H28FN3O2. The van der Waals surface area contributed by atoms with Crippen LogP contribution < -0.4 is 10.2 Å². The van der Waals surface area contributed by atoms with E-state index in [1.807, 2.05) is 42.5 Å². The maximum absolute atomic E-state index is 13.0. The lowest BCUT2D eigenvalue weighted by molar-refractivity contribution is -0.132. The number of nitrogens with one attached hydrogen (secondary N) is 1. The van der Waals surface area contributed by atoms with Gasteiger partial charge in [0.05, 0.1) is 6.61 Å². The summed E-state index contributed by atoms with van der Waals surface area (Å²) in [5.41, 5.74) is 2.11.